The largest absolute Gasteiger partial charge is 0.504 e. The zero-order valence-electron chi connectivity index (χ0n) is 15.3. The number of allylic oxidation sites excluding steroid dienone is 1. The molecule has 0 aromatic heterocycles. The molecule has 7 nitrogen and oxygen atoms in total. The Morgan fingerprint density at radius 2 is 1.43 bits per heavy atom. The van der Waals surface area contributed by atoms with Crippen LogP contribution in [-0.2, 0) is 14.6 Å². The molecule has 2 rings (SSSR count). The van der Waals surface area contributed by atoms with Crippen molar-refractivity contribution >= 4 is 27.8 Å². The topological polar surface area (TPSA) is 110 Å². The minimum Gasteiger partial charge on any atom is -0.504 e. The predicted octanol–water partition coefficient (Wildman–Crippen LogP) is 2.78. The third-order valence-corrected chi connectivity index (χ3v) is 4.92. The summed E-state index contributed by atoms with van der Waals surface area (Å²) < 4.78 is 34.2. The van der Waals surface area contributed by atoms with Crippen LogP contribution in [0.15, 0.2) is 47.9 Å². The maximum Gasteiger partial charge on any atom is 0.179 e. The van der Waals surface area contributed by atoms with Crippen LogP contribution in [0.5, 0.6) is 23.0 Å². The maximum atomic E-state index is 12.1. The van der Waals surface area contributed by atoms with Crippen molar-refractivity contribution < 1.29 is 32.9 Å². The second-order valence-corrected chi connectivity index (χ2v) is 7.66. The molecule has 2 aromatic rings. The SMILES string of the molecule is COc1cc(/C=C\S(=O)(=O)CC(=O)/C=C/c2ccc(O)c(OC)c2)ccc1O. The maximum absolute atomic E-state index is 12.1. The van der Waals surface area contributed by atoms with E-state index in [0.717, 1.165) is 11.5 Å². The summed E-state index contributed by atoms with van der Waals surface area (Å²) in [5.74, 6) is -0.930. The number of sulfone groups is 1. The van der Waals surface area contributed by atoms with Crippen molar-refractivity contribution in [2.45, 2.75) is 0 Å². The minimum atomic E-state index is -3.78. The van der Waals surface area contributed by atoms with Crippen LogP contribution < -0.4 is 9.47 Å². The highest BCUT2D eigenvalue weighted by molar-refractivity contribution is 7.95. The molecule has 0 aliphatic heterocycles. The van der Waals surface area contributed by atoms with E-state index in [9.17, 15) is 23.4 Å². The Kier molecular flexibility index (Phi) is 6.84. The fourth-order valence-corrected chi connectivity index (χ4v) is 3.22. The Bertz CT molecular complexity index is 1020. The lowest BCUT2D eigenvalue weighted by Gasteiger charge is -2.04. The molecule has 0 bridgehead atoms. The highest BCUT2D eigenvalue weighted by Gasteiger charge is 2.12. The van der Waals surface area contributed by atoms with Crippen LogP contribution in [0.25, 0.3) is 12.2 Å². The second-order valence-electron chi connectivity index (χ2n) is 5.77. The first kappa shape index (κ1) is 21.0. The van der Waals surface area contributed by atoms with E-state index in [1.54, 1.807) is 6.07 Å². The first-order valence-electron chi connectivity index (χ1n) is 8.10. The van der Waals surface area contributed by atoms with Crippen LogP contribution >= 0.6 is 0 Å². The van der Waals surface area contributed by atoms with Gasteiger partial charge in [-0.2, -0.15) is 0 Å². The van der Waals surface area contributed by atoms with Gasteiger partial charge >= 0.3 is 0 Å². The number of ether oxygens (including phenoxy) is 2. The number of aromatic hydroxyl groups is 2. The molecule has 0 fully saturated rings. The third-order valence-electron chi connectivity index (χ3n) is 3.68. The van der Waals surface area contributed by atoms with E-state index in [-0.39, 0.29) is 23.0 Å². The van der Waals surface area contributed by atoms with Gasteiger partial charge in [-0.05, 0) is 47.5 Å². The summed E-state index contributed by atoms with van der Waals surface area (Å²) in [5.41, 5.74) is 1.07. The van der Waals surface area contributed by atoms with Crippen LogP contribution in [0.2, 0.25) is 0 Å². The number of phenolic OH excluding ortho intramolecular Hbond substituents is 2. The summed E-state index contributed by atoms with van der Waals surface area (Å²) >= 11 is 0. The summed E-state index contributed by atoms with van der Waals surface area (Å²) in [6.45, 7) is 0. The number of rotatable bonds is 8. The molecule has 0 atom stereocenters. The number of hydrogen-bond acceptors (Lipinski definition) is 7. The van der Waals surface area contributed by atoms with Gasteiger partial charge in [-0.25, -0.2) is 8.42 Å². The quantitative estimate of drug-likeness (QED) is 0.651. The van der Waals surface area contributed by atoms with Crippen LogP contribution in [0, 0.1) is 0 Å². The van der Waals surface area contributed by atoms with Gasteiger partial charge in [0.25, 0.3) is 0 Å². The van der Waals surface area contributed by atoms with Gasteiger partial charge in [0.15, 0.2) is 38.6 Å². The Morgan fingerprint density at radius 3 is 1.93 bits per heavy atom. The van der Waals surface area contributed by atoms with Gasteiger partial charge in [-0.15, -0.1) is 0 Å². The van der Waals surface area contributed by atoms with Crippen molar-refractivity contribution in [2.75, 3.05) is 20.0 Å². The lowest BCUT2D eigenvalue weighted by atomic mass is 10.2. The van der Waals surface area contributed by atoms with Gasteiger partial charge in [-0.3, -0.25) is 4.79 Å². The second kappa shape index (κ2) is 9.09. The molecule has 0 aliphatic rings. The van der Waals surface area contributed by atoms with Crippen LogP contribution in [-0.4, -0.2) is 44.4 Å². The number of phenols is 2. The predicted molar refractivity (Wildman–Crippen MR) is 106 cm³/mol. The average molecular weight is 404 g/mol. The fraction of sp³-hybridized carbons (Fsp3) is 0.150. The third kappa shape index (κ3) is 5.88. The van der Waals surface area contributed by atoms with Crippen molar-refractivity contribution in [1.29, 1.82) is 0 Å². The van der Waals surface area contributed by atoms with Crippen molar-refractivity contribution in [3.05, 3.63) is 59.0 Å². The van der Waals surface area contributed by atoms with E-state index in [2.05, 4.69) is 0 Å². The van der Waals surface area contributed by atoms with Gasteiger partial charge < -0.3 is 19.7 Å². The summed E-state index contributed by atoms with van der Waals surface area (Å²) in [7, 11) is -1.000. The van der Waals surface area contributed by atoms with Crippen molar-refractivity contribution in [2.24, 2.45) is 0 Å². The van der Waals surface area contributed by atoms with Gasteiger partial charge in [0.05, 0.1) is 14.2 Å². The van der Waals surface area contributed by atoms with Gasteiger partial charge in [-0.1, -0.05) is 18.2 Å². The lowest BCUT2D eigenvalue weighted by Crippen LogP contribution is -2.11. The molecule has 2 N–H and O–H groups in total. The van der Waals surface area contributed by atoms with Gasteiger partial charge in [0.1, 0.15) is 5.75 Å². The number of ketones is 1. The number of hydrogen-bond donors (Lipinski definition) is 2. The number of carbonyl (C=O) groups is 1. The first-order valence-corrected chi connectivity index (χ1v) is 9.81. The number of benzene rings is 2. The van der Waals surface area contributed by atoms with Crippen molar-refractivity contribution in [3.63, 3.8) is 0 Å². The Hall–Kier alpha value is -3.26. The molecule has 0 amide bonds. The van der Waals surface area contributed by atoms with E-state index in [4.69, 9.17) is 9.47 Å². The molecule has 148 valence electrons. The van der Waals surface area contributed by atoms with Crippen LogP contribution in [0.3, 0.4) is 0 Å². The number of methoxy groups -OCH3 is 2. The molecule has 8 heteroatoms. The molecule has 0 unspecified atom stereocenters. The fourth-order valence-electron chi connectivity index (χ4n) is 2.26. The molecule has 0 spiro atoms. The smallest absolute Gasteiger partial charge is 0.179 e. The molecular formula is C20H20O7S. The number of carbonyl (C=O) groups excluding carboxylic acids is 1. The monoisotopic (exact) mass is 404 g/mol. The van der Waals surface area contributed by atoms with E-state index < -0.39 is 21.4 Å². The van der Waals surface area contributed by atoms with Crippen molar-refractivity contribution in [1.82, 2.24) is 0 Å². The zero-order valence-corrected chi connectivity index (χ0v) is 16.1. The standard InChI is InChI=1S/C20H20O7S/c1-26-19-11-14(4-7-17(19)22)3-6-16(21)13-28(24,25)10-9-15-5-8-18(23)20(12-15)27-2/h3-12,22-23H,13H2,1-2H3/b6-3+,10-9-. The van der Waals surface area contributed by atoms with E-state index in [1.807, 2.05) is 0 Å². The van der Waals surface area contributed by atoms with Crippen molar-refractivity contribution in [3.8, 4) is 23.0 Å². The summed E-state index contributed by atoms with van der Waals surface area (Å²) in [5, 5.41) is 20.0. The van der Waals surface area contributed by atoms with Crippen LogP contribution in [0.4, 0.5) is 0 Å². The summed E-state index contributed by atoms with van der Waals surface area (Å²) in [6.07, 6.45) is 3.91. The Labute approximate surface area is 163 Å². The zero-order chi connectivity index (χ0) is 20.7. The normalized spacial score (nSPS) is 11.8. The molecular weight excluding hydrogens is 384 g/mol. The van der Waals surface area contributed by atoms with Gasteiger partial charge in [0, 0.05) is 5.41 Å². The van der Waals surface area contributed by atoms with E-state index in [0.29, 0.717) is 11.1 Å². The molecule has 28 heavy (non-hydrogen) atoms. The molecule has 0 radical (unpaired) electrons. The first-order chi connectivity index (χ1) is 13.2. The molecule has 0 saturated heterocycles. The highest BCUT2D eigenvalue weighted by atomic mass is 32.2. The Morgan fingerprint density at radius 1 is 0.929 bits per heavy atom. The van der Waals surface area contributed by atoms with E-state index in [1.165, 1.54) is 56.7 Å². The molecule has 0 saturated carbocycles. The average Bonchev–Trinajstić information content (AvgIpc) is 2.66. The summed E-state index contributed by atoms with van der Waals surface area (Å²) in [6, 6.07) is 8.87. The summed E-state index contributed by atoms with van der Waals surface area (Å²) in [4.78, 5) is 12.0. The highest BCUT2D eigenvalue weighted by Crippen LogP contribution is 2.27. The van der Waals surface area contributed by atoms with E-state index >= 15 is 0 Å². The lowest BCUT2D eigenvalue weighted by molar-refractivity contribution is -0.112. The van der Waals surface area contributed by atoms with Gasteiger partial charge in [0.2, 0.25) is 0 Å². The molecule has 0 heterocycles. The molecule has 2 aromatic carbocycles. The van der Waals surface area contributed by atoms with Crippen LogP contribution in [0.1, 0.15) is 11.1 Å². The molecule has 0 aliphatic carbocycles. The minimum absolute atomic E-state index is 0.0375. The Balaban J connectivity index is 2.06.